The van der Waals surface area contributed by atoms with Crippen LogP contribution in [0.5, 0.6) is 0 Å². The molecule has 1 aromatic rings. The minimum absolute atomic E-state index is 0.0833. The van der Waals surface area contributed by atoms with E-state index in [2.05, 4.69) is 23.6 Å². The molecule has 0 unspecified atom stereocenters. The molecule has 6 heteroatoms. The lowest BCUT2D eigenvalue weighted by atomic mass is 9.81. The summed E-state index contributed by atoms with van der Waals surface area (Å²) in [6, 6.07) is 1.56. The van der Waals surface area contributed by atoms with E-state index in [1.54, 1.807) is 6.07 Å². The van der Waals surface area contributed by atoms with Crippen LogP contribution < -0.4 is 10.5 Å². The Morgan fingerprint density at radius 3 is 2.50 bits per heavy atom. The Bertz CT molecular complexity index is 489. The molecule has 0 bridgehead atoms. The van der Waals surface area contributed by atoms with Gasteiger partial charge in [0.25, 0.3) is 0 Å². The van der Waals surface area contributed by atoms with Crippen molar-refractivity contribution in [2.45, 2.75) is 39.1 Å². The van der Waals surface area contributed by atoms with Crippen molar-refractivity contribution in [3.8, 4) is 0 Å². The average Bonchev–Trinajstić information content (AvgIpc) is 2.75. The minimum atomic E-state index is -3.45. The summed E-state index contributed by atoms with van der Waals surface area (Å²) in [4.78, 5) is 3.08. The van der Waals surface area contributed by atoms with E-state index in [1.807, 2.05) is 13.8 Å². The van der Waals surface area contributed by atoms with Gasteiger partial charge in [-0.2, -0.15) is 0 Å². The fourth-order valence-electron chi connectivity index (χ4n) is 1.26. The molecule has 0 aromatic carbocycles. The molecule has 0 aliphatic carbocycles. The molecule has 4 N–H and O–H groups in total. The second-order valence-corrected chi connectivity index (χ2v) is 7.30. The molecule has 0 fully saturated rings. The van der Waals surface area contributed by atoms with Crippen LogP contribution in [0.4, 0.5) is 0 Å². The number of hydrogen-bond donors (Lipinski definition) is 3. The van der Waals surface area contributed by atoms with Crippen molar-refractivity contribution < 1.29 is 8.42 Å². The van der Waals surface area contributed by atoms with E-state index < -0.39 is 10.0 Å². The number of hydrogen-bond acceptors (Lipinski definition) is 3. The molecular weight excluding hydrogens is 250 g/mol. The first-order valence-corrected chi connectivity index (χ1v) is 7.54. The maximum absolute atomic E-state index is 12.1. The summed E-state index contributed by atoms with van der Waals surface area (Å²) in [7, 11) is -3.45. The zero-order valence-corrected chi connectivity index (χ0v) is 12.3. The van der Waals surface area contributed by atoms with Crippen LogP contribution in [0.25, 0.3) is 0 Å². The summed E-state index contributed by atoms with van der Waals surface area (Å²) in [5.41, 5.74) is 6.07. The van der Waals surface area contributed by atoms with Gasteiger partial charge in [-0.25, -0.2) is 13.1 Å². The Balaban J connectivity index is 2.77. The summed E-state index contributed by atoms with van der Waals surface area (Å²) in [6.07, 6.45) is 1.47. The van der Waals surface area contributed by atoms with Crippen LogP contribution in [-0.2, 0) is 16.6 Å². The van der Waals surface area contributed by atoms with Crippen molar-refractivity contribution in [3.05, 3.63) is 18.0 Å². The monoisotopic (exact) mass is 273 g/mol. The molecule has 0 spiro atoms. The molecule has 0 amide bonds. The molecule has 0 atom stereocenters. The van der Waals surface area contributed by atoms with Crippen molar-refractivity contribution in [1.29, 1.82) is 0 Å². The number of nitrogens with one attached hydrogen (secondary N) is 2. The molecule has 0 aliphatic rings. The summed E-state index contributed by atoms with van der Waals surface area (Å²) in [5.74, 6) is 0.394. The topological polar surface area (TPSA) is 88.0 Å². The highest BCUT2D eigenvalue weighted by Gasteiger charge is 2.25. The van der Waals surface area contributed by atoms with E-state index in [9.17, 15) is 8.42 Å². The molecule has 0 saturated heterocycles. The third-order valence-electron chi connectivity index (χ3n) is 3.53. The van der Waals surface area contributed by atoms with E-state index >= 15 is 0 Å². The van der Waals surface area contributed by atoms with Gasteiger partial charge in [0.2, 0.25) is 10.0 Å². The Labute approximate surface area is 109 Å². The first kappa shape index (κ1) is 15.2. The highest BCUT2D eigenvalue weighted by molar-refractivity contribution is 7.89. The molecule has 1 rings (SSSR count). The van der Waals surface area contributed by atoms with Gasteiger partial charge in [0, 0.05) is 25.0 Å². The average molecular weight is 273 g/mol. The van der Waals surface area contributed by atoms with Gasteiger partial charge >= 0.3 is 0 Å². The largest absolute Gasteiger partial charge is 0.363 e. The van der Waals surface area contributed by atoms with Crippen LogP contribution in [-0.4, -0.2) is 19.9 Å². The second kappa shape index (κ2) is 5.42. The fraction of sp³-hybridized carbons (Fsp3) is 0.667. The number of rotatable bonds is 6. The van der Waals surface area contributed by atoms with Crippen LogP contribution in [0.1, 0.15) is 33.4 Å². The molecular formula is C12H23N3O2S. The van der Waals surface area contributed by atoms with Crippen molar-refractivity contribution in [1.82, 2.24) is 9.71 Å². The number of aromatic amines is 1. The summed E-state index contributed by atoms with van der Waals surface area (Å²) in [5, 5.41) is 0. The van der Waals surface area contributed by atoms with Crippen LogP contribution in [0, 0.1) is 11.3 Å². The molecule has 0 saturated carbocycles. The van der Waals surface area contributed by atoms with E-state index in [0.717, 1.165) is 0 Å². The predicted octanol–water partition coefficient (Wildman–Crippen LogP) is 1.43. The molecule has 0 radical (unpaired) electrons. The van der Waals surface area contributed by atoms with E-state index in [-0.39, 0.29) is 10.3 Å². The van der Waals surface area contributed by atoms with Gasteiger partial charge in [-0.1, -0.05) is 27.7 Å². The summed E-state index contributed by atoms with van der Waals surface area (Å²) >= 11 is 0. The minimum Gasteiger partial charge on any atom is -0.363 e. The SMILES string of the molecule is CC(C)C(C)(C)CNS(=O)(=O)c1c[nH]c(CN)c1. The van der Waals surface area contributed by atoms with Crippen LogP contribution >= 0.6 is 0 Å². The maximum Gasteiger partial charge on any atom is 0.242 e. The van der Waals surface area contributed by atoms with Crippen molar-refractivity contribution in [3.63, 3.8) is 0 Å². The number of nitrogens with two attached hydrogens (primary N) is 1. The third kappa shape index (κ3) is 3.57. The lowest BCUT2D eigenvalue weighted by Gasteiger charge is -2.29. The zero-order chi connectivity index (χ0) is 14.0. The second-order valence-electron chi connectivity index (χ2n) is 5.53. The van der Waals surface area contributed by atoms with Gasteiger partial charge in [0.15, 0.2) is 0 Å². The first-order chi connectivity index (χ1) is 8.19. The third-order valence-corrected chi connectivity index (χ3v) is 4.91. The van der Waals surface area contributed by atoms with Crippen molar-refractivity contribution >= 4 is 10.0 Å². The highest BCUT2D eigenvalue weighted by Crippen LogP contribution is 2.25. The first-order valence-electron chi connectivity index (χ1n) is 6.06. The number of sulfonamides is 1. The summed E-state index contributed by atoms with van der Waals surface area (Å²) in [6.45, 7) is 8.96. The Morgan fingerprint density at radius 2 is 2.06 bits per heavy atom. The van der Waals surface area contributed by atoms with Gasteiger partial charge in [0.05, 0.1) is 4.90 Å². The maximum atomic E-state index is 12.1. The van der Waals surface area contributed by atoms with E-state index in [4.69, 9.17) is 5.73 Å². The molecule has 1 aromatic heterocycles. The molecule has 1 heterocycles. The van der Waals surface area contributed by atoms with Crippen LogP contribution in [0.3, 0.4) is 0 Å². The Hall–Kier alpha value is -0.850. The van der Waals surface area contributed by atoms with Gasteiger partial charge in [-0.15, -0.1) is 0 Å². The summed E-state index contributed by atoms with van der Waals surface area (Å²) < 4.78 is 26.8. The number of H-pyrrole nitrogens is 1. The zero-order valence-electron chi connectivity index (χ0n) is 11.4. The van der Waals surface area contributed by atoms with Crippen molar-refractivity contribution in [2.75, 3.05) is 6.54 Å². The van der Waals surface area contributed by atoms with E-state index in [0.29, 0.717) is 24.7 Å². The Morgan fingerprint density at radius 1 is 1.44 bits per heavy atom. The smallest absolute Gasteiger partial charge is 0.242 e. The van der Waals surface area contributed by atoms with Gasteiger partial charge in [0.1, 0.15) is 0 Å². The Kier molecular flexibility index (Phi) is 4.58. The molecule has 0 aliphatic heterocycles. The van der Waals surface area contributed by atoms with Gasteiger partial charge in [-0.3, -0.25) is 0 Å². The quantitative estimate of drug-likeness (QED) is 0.732. The molecule has 104 valence electrons. The lowest BCUT2D eigenvalue weighted by molar-refractivity contribution is 0.252. The van der Waals surface area contributed by atoms with E-state index in [1.165, 1.54) is 6.20 Å². The molecule has 18 heavy (non-hydrogen) atoms. The van der Waals surface area contributed by atoms with Gasteiger partial charge < -0.3 is 10.7 Å². The van der Waals surface area contributed by atoms with Crippen LogP contribution in [0.2, 0.25) is 0 Å². The lowest BCUT2D eigenvalue weighted by Crippen LogP contribution is -2.36. The van der Waals surface area contributed by atoms with Crippen molar-refractivity contribution in [2.24, 2.45) is 17.1 Å². The standard InChI is InChI=1S/C12H23N3O2S/c1-9(2)12(3,4)8-15-18(16,17)11-5-10(6-13)14-7-11/h5,7,9,14-15H,6,8,13H2,1-4H3. The normalized spacial score (nSPS) is 13.2. The fourth-order valence-corrected chi connectivity index (χ4v) is 2.50. The predicted molar refractivity (Wildman–Crippen MR) is 72.5 cm³/mol. The number of aromatic nitrogens is 1. The molecule has 5 nitrogen and oxygen atoms in total. The highest BCUT2D eigenvalue weighted by atomic mass is 32.2. The van der Waals surface area contributed by atoms with Gasteiger partial charge in [-0.05, 0) is 17.4 Å². The van der Waals surface area contributed by atoms with Crippen LogP contribution in [0.15, 0.2) is 17.2 Å².